The summed E-state index contributed by atoms with van der Waals surface area (Å²) < 4.78 is 11.1. The van der Waals surface area contributed by atoms with Crippen LogP contribution < -0.4 is 20.2 Å². The molecular weight excluding hydrogens is 440 g/mol. The van der Waals surface area contributed by atoms with Crippen molar-refractivity contribution in [2.24, 2.45) is 5.10 Å². The zero-order valence-electron chi connectivity index (χ0n) is 18.5. The van der Waals surface area contributed by atoms with Crippen LogP contribution in [0.15, 0.2) is 71.8 Å². The van der Waals surface area contributed by atoms with Crippen LogP contribution in [0.4, 0.5) is 11.4 Å². The Hall–Kier alpha value is -4.73. The largest absolute Gasteiger partial charge is 0.493 e. The first kappa shape index (κ1) is 23.9. The molecule has 10 heteroatoms. The number of nitrogens with zero attached hydrogens (tertiary/aromatic N) is 2. The average molecular weight is 462 g/mol. The number of hydrogen-bond donors (Lipinski definition) is 2. The molecule has 10 nitrogen and oxygen atoms in total. The molecule has 0 bridgehead atoms. The van der Waals surface area contributed by atoms with Gasteiger partial charge in [0.1, 0.15) is 6.61 Å². The van der Waals surface area contributed by atoms with E-state index in [-0.39, 0.29) is 18.2 Å². The molecule has 0 unspecified atom stereocenters. The summed E-state index contributed by atoms with van der Waals surface area (Å²) in [7, 11) is 1.50. The number of anilines is 1. The molecular formula is C24H22N4O6. The summed E-state index contributed by atoms with van der Waals surface area (Å²) in [4.78, 5) is 33.8. The minimum Gasteiger partial charge on any atom is -0.493 e. The number of nitrogens with one attached hydrogen (secondary N) is 2. The van der Waals surface area contributed by atoms with Gasteiger partial charge in [-0.15, -0.1) is 0 Å². The van der Waals surface area contributed by atoms with Gasteiger partial charge in [0.15, 0.2) is 11.5 Å². The summed E-state index contributed by atoms with van der Waals surface area (Å²) in [6.07, 6.45) is 1.46. The van der Waals surface area contributed by atoms with Gasteiger partial charge in [0.25, 0.3) is 11.6 Å². The maximum absolute atomic E-state index is 12.3. The molecule has 34 heavy (non-hydrogen) atoms. The molecule has 0 saturated carbocycles. The van der Waals surface area contributed by atoms with E-state index in [0.717, 1.165) is 5.56 Å². The number of carbonyl (C=O) groups excluding carboxylic acids is 2. The van der Waals surface area contributed by atoms with Gasteiger partial charge < -0.3 is 14.8 Å². The Bertz CT molecular complexity index is 1220. The Morgan fingerprint density at radius 3 is 2.50 bits per heavy atom. The van der Waals surface area contributed by atoms with E-state index in [1.165, 1.54) is 32.4 Å². The lowest BCUT2D eigenvalue weighted by molar-refractivity contribution is -0.384. The van der Waals surface area contributed by atoms with Crippen LogP contribution in [0, 0.1) is 10.1 Å². The lowest BCUT2D eigenvalue weighted by atomic mass is 10.2. The van der Waals surface area contributed by atoms with Gasteiger partial charge in [-0.25, -0.2) is 5.43 Å². The minimum absolute atomic E-state index is 0.0116. The summed E-state index contributed by atoms with van der Waals surface area (Å²) >= 11 is 0. The highest BCUT2D eigenvalue weighted by molar-refractivity contribution is 5.97. The second-order valence-corrected chi connectivity index (χ2v) is 7.08. The van der Waals surface area contributed by atoms with Crippen molar-refractivity contribution in [3.8, 4) is 11.5 Å². The van der Waals surface area contributed by atoms with E-state index in [1.54, 1.807) is 54.6 Å². The van der Waals surface area contributed by atoms with Crippen molar-refractivity contribution in [2.45, 2.75) is 13.5 Å². The molecule has 3 rings (SSSR count). The molecule has 0 heterocycles. The third-order valence-corrected chi connectivity index (χ3v) is 4.55. The number of non-ortho nitro benzene ring substituents is 1. The number of nitro benzene ring substituents is 1. The predicted octanol–water partition coefficient (Wildman–Crippen LogP) is 3.90. The van der Waals surface area contributed by atoms with Crippen molar-refractivity contribution in [1.29, 1.82) is 0 Å². The number of nitro groups is 1. The highest BCUT2D eigenvalue weighted by Crippen LogP contribution is 2.28. The number of hydrogen-bond acceptors (Lipinski definition) is 7. The number of rotatable bonds is 9. The predicted molar refractivity (Wildman–Crippen MR) is 126 cm³/mol. The highest BCUT2D eigenvalue weighted by atomic mass is 16.6. The van der Waals surface area contributed by atoms with Crippen molar-refractivity contribution in [1.82, 2.24) is 5.43 Å². The first-order valence-electron chi connectivity index (χ1n) is 10.1. The van der Waals surface area contributed by atoms with Gasteiger partial charge in [0.05, 0.1) is 18.2 Å². The molecule has 174 valence electrons. The zero-order chi connectivity index (χ0) is 24.5. The van der Waals surface area contributed by atoms with E-state index in [0.29, 0.717) is 28.3 Å². The van der Waals surface area contributed by atoms with Crippen LogP contribution in [0.5, 0.6) is 11.5 Å². The molecule has 0 aromatic heterocycles. The maximum Gasteiger partial charge on any atom is 0.271 e. The molecule has 0 aliphatic carbocycles. The molecule has 3 aromatic rings. The lowest BCUT2D eigenvalue weighted by Crippen LogP contribution is -2.18. The van der Waals surface area contributed by atoms with Gasteiger partial charge in [-0.05, 0) is 59.7 Å². The molecule has 0 radical (unpaired) electrons. The van der Waals surface area contributed by atoms with Crippen molar-refractivity contribution >= 4 is 29.4 Å². The Morgan fingerprint density at radius 2 is 1.82 bits per heavy atom. The molecule has 0 fully saturated rings. The Balaban J connectivity index is 1.61. The standard InChI is InChI=1S/C24H22N4O6/c1-16(29)26-20-5-3-4-19(13-20)24(30)27-25-14-18-8-11-22(23(12-18)33-2)34-15-17-6-9-21(10-7-17)28(31)32/h3-14H,15H2,1-2H3,(H,26,29)(H,27,30)/b25-14-. The van der Waals surface area contributed by atoms with Gasteiger partial charge >= 0.3 is 0 Å². The molecule has 0 spiro atoms. The summed E-state index contributed by atoms with van der Waals surface area (Å²) in [5, 5.41) is 17.3. The van der Waals surface area contributed by atoms with Crippen LogP contribution in [-0.2, 0) is 11.4 Å². The molecule has 0 aliphatic rings. The van der Waals surface area contributed by atoms with E-state index in [4.69, 9.17) is 9.47 Å². The van der Waals surface area contributed by atoms with E-state index in [2.05, 4.69) is 15.8 Å². The topological polar surface area (TPSA) is 132 Å². The van der Waals surface area contributed by atoms with E-state index in [9.17, 15) is 19.7 Å². The van der Waals surface area contributed by atoms with Crippen LogP contribution in [0.1, 0.15) is 28.4 Å². The summed E-state index contributed by atoms with van der Waals surface area (Å²) in [6.45, 7) is 1.59. The van der Waals surface area contributed by atoms with Crippen molar-refractivity contribution in [2.75, 3.05) is 12.4 Å². The van der Waals surface area contributed by atoms with Crippen molar-refractivity contribution in [3.63, 3.8) is 0 Å². The molecule has 0 aliphatic heterocycles. The van der Waals surface area contributed by atoms with Crippen LogP contribution in [-0.4, -0.2) is 30.1 Å². The van der Waals surface area contributed by atoms with Gasteiger partial charge in [-0.1, -0.05) is 6.07 Å². The maximum atomic E-state index is 12.3. The number of methoxy groups -OCH3 is 1. The normalized spacial score (nSPS) is 10.5. The summed E-state index contributed by atoms with van der Waals surface area (Å²) in [6, 6.07) is 17.7. The van der Waals surface area contributed by atoms with Crippen molar-refractivity contribution < 1.29 is 24.0 Å². The Labute approximate surface area is 195 Å². The third kappa shape index (κ3) is 6.63. The number of carbonyl (C=O) groups is 2. The van der Waals surface area contributed by atoms with Gasteiger partial charge in [-0.3, -0.25) is 19.7 Å². The Morgan fingerprint density at radius 1 is 1.06 bits per heavy atom. The number of hydrazone groups is 1. The van der Waals surface area contributed by atoms with E-state index in [1.807, 2.05) is 0 Å². The smallest absolute Gasteiger partial charge is 0.271 e. The highest BCUT2D eigenvalue weighted by Gasteiger charge is 2.09. The number of benzene rings is 3. The zero-order valence-corrected chi connectivity index (χ0v) is 18.5. The first-order valence-corrected chi connectivity index (χ1v) is 10.1. The van der Waals surface area contributed by atoms with Crippen LogP contribution in [0.2, 0.25) is 0 Å². The van der Waals surface area contributed by atoms with E-state index >= 15 is 0 Å². The quantitative estimate of drug-likeness (QED) is 0.282. The number of amides is 2. The SMILES string of the molecule is COc1cc(/C=N\NC(=O)c2cccc(NC(C)=O)c2)ccc1OCc1ccc([N+](=O)[O-])cc1. The first-order chi connectivity index (χ1) is 16.4. The summed E-state index contributed by atoms with van der Waals surface area (Å²) in [5.41, 5.74) is 4.73. The van der Waals surface area contributed by atoms with Crippen LogP contribution in [0.25, 0.3) is 0 Å². The minimum atomic E-state index is -0.459. The molecule has 2 N–H and O–H groups in total. The lowest BCUT2D eigenvalue weighted by Gasteiger charge is -2.11. The molecule has 0 atom stereocenters. The van der Waals surface area contributed by atoms with E-state index < -0.39 is 10.8 Å². The average Bonchev–Trinajstić information content (AvgIpc) is 2.83. The van der Waals surface area contributed by atoms with Gasteiger partial charge in [0.2, 0.25) is 5.91 Å². The molecule has 2 amide bonds. The Kier molecular flexibility index (Phi) is 7.90. The van der Waals surface area contributed by atoms with Crippen LogP contribution in [0.3, 0.4) is 0 Å². The fourth-order valence-corrected chi connectivity index (χ4v) is 2.93. The van der Waals surface area contributed by atoms with Crippen molar-refractivity contribution in [3.05, 3.63) is 93.5 Å². The van der Waals surface area contributed by atoms with Gasteiger partial charge in [0, 0.05) is 30.3 Å². The second kappa shape index (κ2) is 11.2. The monoisotopic (exact) mass is 462 g/mol. The summed E-state index contributed by atoms with van der Waals surface area (Å²) in [5.74, 6) is 0.278. The fourth-order valence-electron chi connectivity index (χ4n) is 2.93. The fraction of sp³-hybridized carbons (Fsp3) is 0.125. The van der Waals surface area contributed by atoms with Gasteiger partial charge in [-0.2, -0.15) is 5.10 Å². The molecule has 0 saturated heterocycles. The van der Waals surface area contributed by atoms with Crippen LogP contribution >= 0.6 is 0 Å². The third-order valence-electron chi connectivity index (χ3n) is 4.55. The molecule has 3 aromatic carbocycles. The number of ether oxygens (including phenoxy) is 2. The second-order valence-electron chi connectivity index (χ2n) is 7.08.